The van der Waals surface area contributed by atoms with E-state index in [1.807, 2.05) is 24.5 Å². The van der Waals surface area contributed by atoms with Gasteiger partial charge in [0.1, 0.15) is 12.4 Å². The van der Waals surface area contributed by atoms with Gasteiger partial charge in [-0.1, -0.05) is 38.6 Å². The minimum absolute atomic E-state index is 0.0797. The molecule has 0 saturated carbocycles. The Balaban J connectivity index is 2.33. The van der Waals surface area contributed by atoms with E-state index in [1.165, 1.54) is 18.7 Å². The van der Waals surface area contributed by atoms with Gasteiger partial charge in [-0.15, -0.1) is 0 Å². The molecule has 0 N–H and O–H groups in total. The highest BCUT2D eigenvalue weighted by Crippen LogP contribution is 2.37. The Morgan fingerprint density at radius 1 is 1.14 bits per heavy atom. The smallest absolute Gasteiger partial charge is 0.347 e. The molecule has 198 valence electrons. The zero-order valence-corrected chi connectivity index (χ0v) is 24.4. The largest absolute Gasteiger partial charge is 0.487 e. The first-order valence-corrected chi connectivity index (χ1v) is 16.1. The first-order valence-electron chi connectivity index (χ1n) is 11.9. The van der Waals surface area contributed by atoms with Crippen molar-refractivity contribution in [3.8, 4) is 5.75 Å². The number of esters is 2. The topological polar surface area (TPSA) is 96.8 Å². The maximum absolute atomic E-state index is 12.5. The molecule has 0 saturated heterocycles. The van der Waals surface area contributed by atoms with E-state index < -0.39 is 26.4 Å². The second kappa shape index (κ2) is 13.2. The summed E-state index contributed by atoms with van der Waals surface area (Å²) in [6, 6.07) is 7.53. The standard InChI is InChI=1S/C26H38N2O6SSi/c1-9-31-24(30)23(34-18(2)29)15-20-14-19(16-33-36(7,8)26(3,4)5)10-11-22(20)32-17-21-12-13-27-25(28-21)35-6/h10-14,23H,9,15-17H2,1-8H3. The van der Waals surface area contributed by atoms with Crippen LogP contribution >= 0.6 is 11.8 Å². The lowest BCUT2D eigenvalue weighted by Crippen LogP contribution is -2.40. The molecule has 0 spiro atoms. The number of ether oxygens (including phenoxy) is 3. The molecule has 36 heavy (non-hydrogen) atoms. The zero-order valence-electron chi connectivity index (χ0n) is 22.5. The average molecular weight is 535 g/mol. The van der Waals surface area contributed by atoms with E-state index in [1.54, 1.807) is 19.2 Å². The fourth-order valence-electron chi connectivity index (χ4n) is 3.02. The molecular formula is C26H38N2O6SSi. The maximum atomic E-state index is 12.5. The van der Waals surface area contributed by atoms with Gasteiger partial charge in [0, 0.05) is 19.5 Å². The summed E-state index contributed by atoms with van der Waals surface area (Å²) in [7, 11) is -1.96. The number of benzene rings is 1. The van der Waals surface area contributed by atoms with Crippen LogP contribution in [0.2, 0.25) is 18.1 Å². The van der Waals surface area contributed by atoms with Gasteiger partial charge in [0.15, 0.2) is 13.5 Å². The van der Waals surface area contributed by atoms with Gasteiger partial charge in [-0.3, -0.25) is 4.79 Å². The van der Waals surface area contributed by atoms with E-state index in [0.717, 1.165) is 11.3 Å². The number of hydrogen-bond donors (Lipinski definition) is 0. The predicted molar refractivity (Wildman–Crippen MR) is 142 cm³/mol. The van der Waals surface area contributed by atoms with Crippen molar-refractivity contribution < 1.29 is 28.2 Å². The van der Waals surface area contributed by atoms with Gasteiger partial charge in [-0.2, -0.15) is 0 Å². The second-order valence-corrected chi connectivity index (χ2v) is 15.5. The Bertz CT molecular complexity index is 1040. The molecule has 1 atom stereocenters. The number of aromatic nitrogens is 2. The fraction of sp³-hybridized carbons (Fsp3) is 0.538. The van der Waals surface area contributed by atoms with Crippen LogP contribution in [-0.4, -0.2) is 49.2 Å². The van der Waals surface area contributed by atoms with Crippen LogP contribution in [-0.2, 0) is 43.1 Å². The Morgan fingerprint density at radius 3 is 2.47 bits per heavy atom. The molecule has 1 heterocycles. The molecule has 0 bridgehead atoms. The Hall–Kier alpha value is -2.43. The van der Waals surface area contributed by atoms with Crippen LogP contribution in [0, 0.1) is 0 Å². The van der Waals surface area contributed by atoms with E-state index in [0.29, 0.717) is 23.1 Å². The molecule has 0 amide bonds. The third-order valence-corrected chi connectivity index (χ3v) is 11.1. The molecule has 1 aromatic carbocycles. The highest BCUT2D eigenvalue weighted by Gasteiger charge is 2.37. The van der Waals surface area contributed by atoms with Crippen molar-refractivity contribution in [2.75, 3.05) is 12.9 Å². The minimum atomic E-state index is -1.96. The van der Waals surface area contributed by atoms with Crippen LogP contribution in [0.1, 0.15) is 51.4 Å². The van der Waals surface area contributed by atoms with Gasteiger partial charge in [-0.05, 0) is 60.6 Å². The molecule has 0 fully saturated rings. The van der Waals surface area contributed by atoms with Crippen LogP contribution < -0.4 is 4.74 Å². The summed E-state index contributed by atoms with van der Waals surface area (Å²) in [5.74, 6) is -0.586. The number of carbonyl (C=O) groups excluding carboxylic acids is 2. The van der Waals surface area contributed by atoms with E-state index in [2.05, 4.69) is 43.8 Å². The van der Waals surface area contributed by atoms with Crippen molar-refractivity contribution in [2.45, 2.75) is 83.6 Å². The van der Waals surface area contributed by atoms with Gasteiger partial charge in [-0.25, -0.2) is 14.8 Å². The van der Waals surface area contributed by atoms with Gasteiger partial charge in [0.25, 0.3) is 0 Å². The van der Waals surface area contributed by atoms with E-state index >= 15 is 0 Å². The number of carbonyl (C=O) groups is 2. The monoisotopic (exact) mass is 534 g/mol. The molecule has 0 aliphatic rings. The normalized spacial score (nSPS) is 12.7. The summed E-state index contributed by atoms with van der Waals surface area (Å²) in [6.07, 6.45) is 2.63. The van der Waals surface area contributed by atoms with Crippen LogP contribution in [0.5, 0.6) is 5.75 Å². The molecule has 2 aromatic rings. The molecule has 1 unspecified atom stereocenters. The average Bonchev–Trinajstić information content (AvgIpc) is 2.81. The lowest BCUT2D eigenvalue weighted by Gasteiger charge is -2.36. The molecule has 1 aromatic heterocycles. The van der Waals surface area contributed by atoms with Crippen molar-refractivity contribution in [3.63, 3.8) is 0 Å². The number of nitrogens with zero attached hydrogens (tertiary/aromatic N) is 2. The minimum Gasteiger partial charge on any atom is -0.487 e. The van der Waals surface area contributed by atoms with E-state index in [4.69, 9.17) is 18.6 Å². The zero-order chi connectivity index (χ0) is 26.9. The van der Waals surface area contributed by atoms with Crippen molar-refractivity contribution in [2.24, 2.45) is 0 Å². The molecule has 10 heteroatoms. The van der Waals surface area contributed by atoms with Crippen molar-refractivity contribution >= 4 is 32.0 Å². The highest BCUT2D eigenvalue weighted by molar-refractivity contribution is 7.98. The summed E-state index contributed by atoms with van der Waals surface area (Å²) < 4.78 is 22.9. The van der Waals surface area contributed by atoms with Crippen molar-refractivity contribution in [1.29, 1.82) is 0 Å². The molecule has 8 nitrogen and oxygen atoms in total. The summed E-state index contributed by atoms with van der Waals surface area (Å²) >= 11 is 1.45. The lowest BCUT2D eigenvalue weighted by molar-refractivity contribution is -0.166. The number of rotatable bonds is 12. The maximum Gasteiger partial charge on any atom is 0.347 e. The third kappa shape index (κ3) is 8.90. The van der Waals surface area contributed by atoms with Gasteiger partial charge >= 0.3 is 11.9 Å². The molecule has 2 rings (SSSR count). The first kappa shape index (κ1) is 29.8. The Morgan fingerprint density at radius 2 is 1.86 bits per heavy atom. The Kier molecular flexibility index (Phi) is 10.9. The van der Waals surface area contributed by atoms with Crippen LogP contribution in [0.15, 0.2) is 35.6 Å². The van der Waals surface area contributed by atoms with Crippen molar-refractivity contribution in [3.05, 3.63) is 47.3 Å². The van der Waals surface area contributed by atoms with Crippen LogP contribution in [0.3, 0.4) is 0 Å². The predicted octanol–water partition coefficient (Wildman–Crippen LogP) is 5.34. The molecule has 0 radical (unpaired) electrons. The van der Waals surface area contributed by atoms with Gasteiger partial charge < -0.3 is 18.6 Å². The lowest BCUT2D eigenvalue weighted by atomic mass is 10.0. The van der Waals surface area contributed by atoms with Crippen LogP contribution in [0.4, 0.5) is 0 Å². The van der Waals surface area contributed by atoms with E-state index in [-0.39, 0.29) is 24.7 Å². The van der Waals surface area contributed by atoms with Gasteiger partial charge in [0.2, 0.25) is 6.10 Å². The van der Waals surface area contributed by atoms with E-state index in [9.17, 15) is 9.59 Å². The third-order valence-electron chi connectivity index (χ3n) is 6.04. The molecular weight excluding hydrogens is 496 g/mol. The summed E-state index contributed by atoms with van der Waals surface area (Å²) in [4.78, 5) is 32.9. The summed E-state index contributed by atoms with van der Waals surface area (Å²) in [5.41, 5.74) is 2.39. The molecule has 0 aliphatic carbocycles. The van der Waals surface area contributed by atoms with Crippen molar-refractivity contribution in [1.82, 2.24) is 9.97 Å². The molecule has 0 aliphatic heterocycles. The number of thioether (sulfide) groups is 1. The quantitative estimate of drug-likeness (QED) is 0.155. The first-order chi connectivity index (χ1) is 16.9. The SMILES string of the molecule is CCOC(=O)C(Cc1cc(CO[Si](C)(C)C(C)(C)C)ccc1OCc1ccnc(SC)n1)OC(C)=O. The van der Waals surface area contributed by atoms with Gasteiger partial charge in [0.05, 0.1) is 18.9 Å². The van der Waals surface area contributed by atoms with Crippen LogP contribution in [0.25, 0.3) is 0 Å². The number of hydrogen-bond acceptors (Lipinski definition) is 9. The fourth-order valence-corrected chi connectivity index (χ4v) is 4.35. The Labute approximate surface area is 219 Å². The highest BCUT2D eigenvalue weighted by atomic mass is 32.2. The second-order valence-electron chi connectivity index (χ2n) is 9.87. The summed E-state index contributed by atoms with van der Waals surface area (Å²) in [6.45, 7) is 14.8. The summed E-state index contributed by atoms with van der Waals surface area (Å²) in [5, 5.41) is 0.739.